The van der Waals surface area contributed by atoms with Crippen molar-refractivity contribution in [1.29, 1.82) is 0 Å². The summed E-state index contributed by atoms with van der Waals surface area (Å²) in [5.74, 6) is 1.02. The Hall–Kier alpha value is -2.81. The first-order chi connectivity index (χ1) is 14.8. The lowest BCUT2D eigenvalue weighted by Crippen LogP contribution is -2.44. The van der Waals surface area contributed by atoms with Gasteiger partial charge in [0.1, 0.15) is 0 Å². The Bertz CT molecular complexity index is 1120. The predicted molar refractivity (Wildman–Crippen MR) is 121 cm³/mol. The lowest BCUT2D eigenvalue weighted by atomic mass is 10.1. The summed E-state index contributed by atoms with van der Waals surface area (Å²) in [6.45, 7) is 4.07. The molecule has 31 heavy (non-hydrogen) atoms. The lowest BCUT2D eigenvalue weighted by Gasteiger charge is -2.32. The van der Waals surface area contributed by atoms with Crippen LogP contribution in [0.5, 0.6) is 0 Å². The molecule has 2 bridgehead atoms. The zero-order valence-corrected chi connectivity index (χ0v) is 18.4. The van der Waals surface area contributed by atoms with Crippen LogP contribution in [0.2, 0.25) is 0 Å². The zero-order valence-electron chi connectivity index (χ0n) is 17.6. The fourth-order valence-corrected chi connectivity index (χ4v) is 4.58. The van der Waals surface area contributed by atoms with Gasteiger partial charge in [-0.15, -0.1) is 10.2 Å². The predicted octanol–water partition coefficient (Wildman–Crippen LogP) is 3.28. The van der Waals surface area contributed by atoms with E-state index in [0.717, 1.165) is 35.7 Å². The SMILES string of the molecule is CN1CC2CC1CN2c1ccc(-c2ccccc2)nn1.Cc1ccc(S(=O)(=O)O)cc1. The van der Waals surface area contributed by atoms with Gasteiger partial charge in [-0.1, -0.05) is 48.0 Å². The highest BCUT2D eigenvalue weighted by atomic mass is 32.2. The van der Waals surface area contributed by atoms with E-state index in [4.69, 9.17) is 4.55 Å². The van der Waals surface area contributed by atoms with E-state index >= 15 is 0 Å². The number of nitrogens with zero attached hydrogens (tertiary/aromatic N) is 4. The van der Waals surface area contributed by atoms with E-state index in [9.17, 15) is 8.42 Å². The number of aromatic nitrogens is 2. The largest absolute Gasteiger partial charge is 0.349 e. The Morgan fingerprint density at radius 2 is 1.61 bits per heavy atom. The minimum absolute atomic E-state index is 0.0666. The molecule has 3 aromatic rings. The topological polar surface area (TPSA) is 86.6 Å². The van der Waals surface area contributed by atoms with Crippen LogP contribution in [-0.4, -0.2) is 60.3 Å². The summed E-state index contributed by atoms with van der Waals surface area (Å²) in [6, 6.07) is 21.7. The van der Waals surface area contributed by atoms with Gasteiger partial charge < -0.3 is 4.90 Å². The van der Waals surface area contributed by atoms with Crippen LogP contribution in [0, 0.1) is 6.92 Å². The third kappa shape index (κ3) is 4.92. The first kappa shape index (κ1) is 21.4. The fourth-order valence-electron chi connectivity index (χ4n) is 4.10. The second-order valence-electron chi connectivity index (χ2n) is 8.07. The zero-order chi connectivity index (χ0) is 22.0. The van der Waals surface area contributed by atoms with Crippen molar-refractivity contribution in [1.82, 2.24) is 15.1 Å². The molecule has 2 aliphatic heterocycles. The summed E-state index contributed by atoms with van der Waals surface area (Å²) in [5.41, 5.74) is 3.02. The fraction of sp³-hybridized carbons (Fsp3) is 0.304. The number of benzene rings is 2. The van der Waals surface area contributed by atoms with Crippen LogP contribution in [0.25, 0.3) is 11.3 Å². The quantitative estimate of drug-likeness (QED) is 0.628. The minimum atomic E-state index is -4.02. The molecule has 8 heteroatoms. The molecule has 7 nitrogen and oxygen atoms in total. The number of likely N-dealkylation sites (tertiary alicyclic amines) is 1. The number of likely N-dealkylation sites (N-methyl/N-ethyl adjacent to an activating group) is 1. The summed E-state index contributed by atoms with van der Waals surface area (Å²) in [6.07, 6.45) is 1.26. The number of piperazine rings is 1. The van der Waals surface area contributed by atoms with Gasteiger partial charge in [-0.2, -0.15) is 8.42 Å². The highest BCUT2D eigenvalue weighted by Gasteiger charge is 2.41. The van der Waals surface area contributed by atoms with E-state index in [1.165, 1.54) is 18.6 Å². The minimum Gasteiger partial charge on any atom is -0.349 e. The Kier molecular flexibility index (Phi) is 6.04. The molecule has 162 valence electrons. The van der Waals surface area contributed by atoms with Crippen molar-refractivity contribution in [2.75, 3.05) is 25.0 Å². The molecule has 0 amide bonds. The smallest absolute Gasteiger partial charge is 0.294 e. The van der Waals surface area contributed by atoms with E-state index in [2.05, 4.69) is 51.3 Å². The molecule has 0 spiro atoms. The molecule has 5 rings (SSSR count). The van der Waals surface area contributed by atoms with Gasteiger partial charge in [0.15, 0.2) is 5.82 Å². The Morgan fingerprint density at radius 3 is 2.13 bits per heavy atom. The molecule has 2 unspecified atom stereocenters. The van der Waals surface area contributed by atoms with Gasteiger partial charge in [0.25, 0.3) is 10.1 Å². The molecule has 1 aromatic heterocycles. The molecule has 2 atom stereocenters. The van der Waals surface area contributed by atoms with Crippen LogP contribution >= 0.6 is 0 Å². The van der Waals surface area contributed by atoms with Crippen molar-refractivity contribution in [3.63, 3.8) is 0 Å². The summed E-state index contributed by atoms with van der Waals surface area (Å²) in [5, 5.41) is 8.83. The maximum Gasteiger partial charge on any atom is 0.294 e. The molecule has 0 saturated carbocycles. The van der Waals surface area contributed by atoms with Crippen LogP contribution in [0.1, 0.15) is 12.0 Å². The highest BCUT2D eigenvalue weighted by Crippen LogP contribution is 2.32. The molecular formula is C23H26N4O3S. The van der Waals surface area contributed by atoms with Gasteiger partial charge in [0.05, 0.1) is 10.6 Å². The Labute approximate surface area is 183 Å². The van der Waals surface area contributed by atoms with Crippen molar-refractivity contribution in [3.8, 4) is 11.3 Å². The van der Waals surface area contributed by atoms with E-state index in [-0.39, 0.29) is 4.90 Å². The van der Waals surface area contributed by atoms with Gasteiger partial charge >= 0.3 is 0 Å². The maximum atomic E-state index is 10.5. The molecule has 2 aliphatic rings. The number of anilines is 1. The molecule has 0 radical (unpaired) electrons. The molecule has 2 fully saturated rings. The van der Waals surface area contributed by atoms with Gasteiger partial charge in [-0.05, 0) is 44.7 Å². The van der Waals surface area contributed by atoms with Crippen molar-refractivity contribution < 1.29 is 13.0 Å². The van der Waals surface area contributed by atoms with Crippen LogP contribution in [0.4, 0.5) is 5.82 Å². The summed E-state index contributed by atoms with van der Waals surface area (Å²) in [7, 11) is -1.81. The molecule has 3 heterocycles. The molecule has 1 N–H and O–H groups in total. The molecule has 2 saturated heterocycles. The van der Waals surface area contributed by atoms with Gasteiger partial charge in [-0.3, -0.25) is 9.45 Å². The van der Waals surface area contributed by atoms with E-state index in [1.807, 2.05) is 25.1 Å². The average molecular weight is 439 g/mol. The van der Waals surface area contributed by atoms with Crippen molar-refractivity contribution in [2.24, 2.45) is 0 Å². The van der Waals surface area contributed by atoms with Gasteiger partial charge in [0.2, 0.25) is 0 Å². The number of fused-ring (bicyclic) bond motifs is 2. The van der Waals surface area contributed by atoms with Crippen LogP contribution in [0.3, 0.4) is 0 Å². The number of hydrogen-bond acceptors (Lipinski definition) is 6. The normalized spacial score (nSPS) is 20.4. The highest BCUT2D eigenvalue weighted by molar-refractivity contribution is 7.85. The Morgan fingerprint density at radius 1 is 0.903 bits per heavy atom. The van der Waals surface area contributed by atoms with Crippen molar-refractivity contribution in [3.05, 3.63) is 72.3 Å². The van der Waals surface area contributed by atoms with Crippen LogP contribution in [0.15, 0.2) is 71.6 Å². The third-order valence-electron chi connectivity index (χ3n) is 5.85. The summed E-state index contributed by atoms with van der Waals surface area (Å²) in [4.78, 5) is 4.79. The first-order valence-electron chi connectivity index (χ1n) is 10.2. The monoisotopic (exact) mass is 438 g/mol. The number of rotatable bonds is 3. The molecular weight excluding hydrogens is 412 g/mol. The number of aryl methyl sites for hydroxylation is 1. The molecule has 2 aromatic carbocycles. The number of hydrogen-bond donors (Lipinski definition) is 1. The lowest BCUT2D eigenvalue weighted by molar-refractivity contribution is 0.292. The van der Waals surface area contributed by atoms with Crippen LogP contribution < -0.4 is 4.90 Å². The molecule has 0 aliphatic carbocycles. The third-order valence-corrected chi connectivity index (χ3v) is 6.72. The van der Waals surface area contributed by atoms with E-state index in [0.29, 0.717) is 12.1 Å². The van der Waals surface area contributed by atoms with Crippen molar-refractivity contribution >= 4 is 15.9 Å². The second kappa shape index (κ2) is 8.74. The summed E-state index contributed by atoms with van der Waals surface area (Å²) >= 11 is 0. The second-order valence-corrected chi connectivity index (χ2v) is 9.49. The standard InChI is InChI=1S/C16H18N4.C7H8O3S/c1-19-10-14-9-13(19)11-20(14)16-8-7-15(17-18-16)12-5-3-2-4-6-12;1-6-2-4-7(5-3-6)11(8,9)10/h2-8,13-14H,9-11H2,1H3;2-5H,1H3,(H,8,9,10). The first-order valence-corrected chi connectivity index (χ1v) is 11.7. The van der Waals surface area contributed by atoms with Gasteiger partial charge in [-0.25, -0.2) is 0 Å². The van der Waals surface area contributed by atoms with Crippen LogP contribution in [-0.2, 0) is 10.1 Å². The summed E-state index contributed by atoms with van der Waals surface area (Å²) < 4.78 is 29.6. The van der Waals surface area contributed by atoms with Gasteiger partial charge in [0, 0.05) is 30.7 Å². The Balaban J connectivity index is 0.000000180. The van der Waals surface area contributed by atoms with Crippen molar-refractivity contribution in [2.45, 2.75) is 30.3 Å². The van der Waals surface area contributed by atoms with E-state index < -0.39 is 10.1 Å². The average Bonchev–Trinajstić information content (AvgIpc) is 3.34. The maximum absolute atomic E-state index is 10.5. The van der Waals surface area contributed by atoms with E-state index in [1.54, 1.807) is 12.1 Å².